The first-order chi connectivity index (χ1) is 16.6. The van der Waals surface area contributed by atoms with Crippen molar-refractivity contribution in [2.24, 2.45) is 33.7 Å². The van der Waals surface area contributed by atoms with Gasteiger partial charge in [0.2, 0.25) is 0 Å². The van der Waals surface area contributed by atoms with Crippen LogP contribution in [0.5, 0.6) is 0 Å². The van der Waals surface area contributed by atoms with Crippen molar-refractivity contribution in [3.63, 3.8) is 0 Å². The predicted molar refractivity (Wildman–Crippen MR) is 131 cm³/mol. The zero-order chi connectivity index (χ0) is 25.0. The molecular formula is C27H42N2O6. The summed E-state index contributed by atoms with van der Waals surface area (Å²) >= 11 is 0. The molecule has 7 unspecified atom stereocenters. The molecule has 4 aliphatic carbocycles. The van der Waals surface area contributed by atoms with Crippen LogP contribution in [0.15, 0.2) is 16.8 Å². The maximum absolute atomic E-state index is 13.3. The van der Waals surface area contributed by atoms with Gasteiger partial charge in [-0.25, -0.2) is 0 Å². The lowest BCUT2D eigenvalue weighted by atomic mass is 9.46. The van der Waals surface area contributed by atoms with Crippen molar-refractivity contribution >= 4 is 11.5 Å². The molecule has 8 nitrogen and oxygen atoms in total. The molecule has 5 aliphatic rings. The van der Waals surface area contributed by atoms with Crippen molar-refractivity contribution in [1.82, 2.24) is 4.90 Å². The Morgan fingerprint density at radius 2 is 1.91 bits per heavy atom. The molecule has 1 aliphatic heterocycles. The standard InChI is InChI=1S/C27H42N2O6/c1-17(28-35-13-10-29-8-11-34-12-9-29)18-5-7-27(33)20-14-22(30)21-15-23(31)24(32)16-25(21,2)19(20)4-6-26(18,27)3/h14,18-19,21,23-24,31-33H,4-13,15-16H2,1-3H3/b28-17-/t18?,19?,21?,23?,24?,25?,26?,27-/m1/s1. The molecule has 0 radical (unpaired) electrons. The van der Waals surface area contributed by atoms with Crippen molar-refractivity contribution in [2.75, 3.05) is 39.5 Å². The highest BCUT2D eigenvalue weighted by Gasteiger charge is 2.66. The zero-order valence-corrected chi connectivity index (χ0v) is 21.4. The molecular weight excluding hydrogens is 448 g/mol. The minimum Gasteiger partial charge on any atom is -0.394 e. The maximum Gasteiger partial charge on any atom is 0.159 e. The molecule has 3 saturated carbocycles. The van der Waals surface area contributed by atoms with Gasteiger partial charge in [-0.3, -0.25) is 9.69 Å². The fourth-order valence-electron chi connectivity index (χ4n) is 8.25. The van der Waals surface area contributed by atoms with Gasteiger partial charge in [0.1, 0.15) is 6.61 Å². The van der Waals surface area contributed by atoms with E-state index in [4.69, 9.17) is 9.57 Å². The number of ether oxygens (including phenoxy) is 1. The van der Waals surface area contributed by atoms with Crippen LogP contribution in [0.25, 0.3) is 0 Å². The first-order valence-corrected chi connectivity index (χ1v) is 13.4. The number of ketones is 1. The Hall–Kier alpha value is -1.32. The number of oxime groups is 1. The van der Waals surface area contributed by atoms with Crippen LogP contribution in [-0.4, -0.2) is 89.0 Å². The second kappa shape index (κ2) is 9.21. The minimum absolute atomic E-state index is 0.0114. The number of hydrogen-bond acceptors (Lipinski definition) is 8. The van der Waals surface area contributed by atoms with E-state index in [0.29, 0.717) is 25.9 Å². The number of allylic oxidation sites excluding steroid dienone is 1. The number of aliphatic hydroxyl groups is 3. The number of rotatable bonds is 5. The second-order valence-electron chi connectivity index (χ2n) is 12.1. The second-order valence-corrected chi connectivity index (χ2v) is 12.1. The topological polar surface area (TPSA) is 112 Å². The monoisotopic (exact) mass is 490 g/mol. The largest absolute Gasteiger partial charge is 0.394 e. The fourth-order valence-corrected chi connectivity index (χ4v) is 8.25. The number of morpholine rings is 1. The highest BCUT2D eigenvalue weighted by molar-refractivity contribution is 5.95. The van der Waals surface area contributed by atoms with E-state index in [0.717, 1.165) is 63.4 Å². The summed E-state index contributed by atoms with van der Waals surface area (Å²) in [6, 6.07) is 0. The van der Waals surface area contributed by atoms with E-state index in [-0.39, 0.29) is 23.5 Å². The van der Waals surface area contributed by atoms with Crippen molar-refractivity contribution in [3.05, 3.63) is 11.6 Å². The SMILES string of the molecule is C/C(=N/OCCN1CCOCC1)C1CC[C@@]2(O)C3=CC(=O)C4CC(O)C(O)CC4(C)C3CCC12C. The molecule has 0 spiro atoms. The number of carbonyl (C=O) groups is 1. The van der Waals surface area contributed by atoms with Crippen LogP contribution in [0, 0.1) is 28.6 Å². The Labute approximate surface area is 208 Å². The third kappa shape index (κ3) is 4.00. The van der Waals surface area contributed by atoms with E-state index < -0.39 is 28.6 Å². The third-order valence-corrected chi connectivity index (χ3v) is 10.4. The molecule has 3 N–H and O–H groups in total. The Kier molecular flexibility index (Phi) is 6.67. The van der Waals surface area contributed by atoms with Crippen molar-refractivity contribution < 1.29 is 29.7 Å². The highest BCUT2D eigenvalue weighted by atomic mass is 16.6. The summed E-state index contributed by atoms with van der Waals surface area (Å²) in [5.74, 6) is -0.200. The van der Waals surface area contributed by atoms with Crippen molar-refractivity contribution in [3.8, 4) is 0 Å². The van der Waals surface area contributed by atoms with Crippen LogP contribution in [0.4, 0.5) is 0 Å². The number of nitrogens with zero attached hydrogens (tertiary/aromatic N) is 2. The molecule has 0 bridgehead atoms. The predicted octanol–water partition coefficient (Wildman–Crippen LogP) is 1.92. The van der Waals surface area contributed by atoms with Gasteiger partial charge >= 0.3 is 0 Å². The van der Waals surface area contributed by atoms with Gasteiger partial charge in [0, 0.05) is 36.9 Å². The lowest BCUT2D eigenvalue weighted by Crippen LogP contribution is -2.60. The summed E-state index contributed by atoms with van der Waals surface area (Å²) in [5.41, 5.74) is -0.183. The van der Waals surface area contributed by atoms with Gasteiger partial charge in [0.15, 0.2) is 5.78 Å². The molecule has 1 heterocycles. The van der Waals surface area contributed by atoms with E-state index in [1.807, 2.05) is 6.92 Å². The molecule has 0 aromatic heterocycles. The van der Waals surface area contributed by atoms with Crippen LogP contribution in [0.2, 0.25) is 0 Å². The molecule has 0 amide bonds. The average Bonchev–Trinajstić information content (AvgIpc) is 3.11. The summed E-state index contributed by atoms with van der Waals surface area (Å²) in [5, 5.41) is 37.4. The van der Waals surface area contributed by atoms with E-state index >= 15 is 0 Å². The number of hydrogen-bond donors (Lipinski definition) is 3. The quantitative estimate of drug-likeness (QED) is 0.307. The molecule has 4 fully saturated rings. The van der Waals surface area contributed by atoms with Crippen LogP contribution >= 0.6 is 0 Å². The van der Waals surface area contributed by atoms with Crippen LogP contribution in [-0.2, 0) is 14.4 Å². The van der Waals surface area contributed by atoms with Crippen molar-refractivity contribution in [2.45, 2.75) is 77.1 Å². The van der Waals surface area contributed by atoms with Crippen LogP contribution in [0.3, 0.4) is 0 Å². The maximum atomic E-state index is 13.3. The third-order valence-electron chi connectivity index (χ3n) is 10.4. The normalized spacial score (nSPS) is 46.5. The minimum atomic E-state index is -1.07. The van der Waals surface area contributed by atoms with Gasteiger partial charge in [-0.05, 0) is 68.4 Å². The van der Waals surface area contributed by atoms with Gasteiger partial charge in [-0.15, -0.1) is 0 Å². The highest BCUT2D eigenvalue weighted by Crippen LogP contribution is 2.67. The van der Waals surface area contributed by atoms with E-state index in [2.05, 4.69) is 23.9 Å². The molecule has 5 rings (SSSR count). The molecule has 0 aromatic rings. The lowest BCUT2D eigenvalue weighted by Gasteiger charge is -2.59. The molecule has 0 aromatic carbocycles. The molecule has 196 valence electrons. The van der Waals surface area contributed by atoms with Gasteiger partial charge < -0.3 is 24.9 Å². The average molecular weight is 491 g/mol. The molecule has 8 heteroatoms. The Morgan fingerprint density at radius 3 is 2.66 bits per heavy atom. The summed E-state index contributed by atoms with van der Waals surface area (Å²) in [4.78, 5) is 21.3. The van der Waals surface area contributed by atoms with E-state index in [1.165, 1.54) is 0 Å². The first-order valence-electron chi connectivity index (χ1n) is 13.4. The first kappa shape index (κ1) is 25.3. The lowest BCUT2D eigenvalue weighted by molar-refractivity contribution is -0.151. The Morgan fingerprint density at radius 1 is 1.17 bits per heavy atom. The van der Waals surface area contributed by atoms with Crippen LogP contribution < -0.4 is 0 Å². The molecule has 8 atom stereocenters. The zero-order valence-electron chi connectivity index (χ0n) is 21.4. The summed E-state index contributed by atoms with van der Waals surface area (Å²) in [6.07, 6.45) is 3.77. The summed E-state index contributed by atoms with van der Waals surface area (Å²) in [6.45, 7) is 10.9. The van der Waals surface area contributed by atoms with E-state index in [9.17, 15) is 20.1 Å². The Balaban J connectivity index is 1.33. The van der Waals surface area contributed by atoms with Gasteiger partial charge in [0.05, 0.1) is 36.7 Å². The van der Waals surface area contributed by atoms with Crippen molar-refractivity contribution in [1.29, 1.82) is 0 Å². The number of aliphatic hydroxyl groups excluding tert-OH is 2. The smallest absolute Gasteiger partial charge is 0.159 e. The van der Waals surface area contributed by atoms with Gasteiger partial charge in [0.25, 0.3) is 0 Å². The number of carbonyl (C=O) groups excluding carboxylic acids is 1. The number of fused-ring (bicyclic) bond motifs is 5. The van der Waals surface area contributed by atoms with E-state index in [1.54, 1.807) is 6.08 Å². The summed E-state index contributed by atoms with van der Waals surface area (Å²) < 4.78 is 5.39. The van der Waals surface area contributed by atoms with Gasteiger partial charge in [-0.2, -0.15) is 0 Å². The van der Waals surface area contributed by atoms with Gasteiger partial charge in [-0.1, -0.05) is 19.0 Å². The van der Waals surface area contributed by atoms with Crippen LogP contribution in [0.1, 0.15) is 59.3 Å². The fraction of sp³-hybridized carbons (Fsp3) is 0.852. The molecule has 35 heavy (non-hydrogen) atoms. The Bertz CT molecular complexity index is 900. The molecule has 1 saturated heterocycles. The summed E-state index contributed by atoms with van der Waals surface area (Å²) in [7, 11) is 0.